The molecule has 0 atom stereocenters. The molecule has 0 fully saturated rings. The Hall–Kier alpha value is -1.31. The highest BCUT2D eigenvalue weighted by Gasteiger charge is 1.96. The minimum Gasteiger partial charge on any atom is -0.493 e. The van der Waals surface area contributed by atoms with E-state index in [0.29, 0.717) is 5.92 Å². The van der Waals surface area contributed by atoms with Crippen molar-refractivity contribution in [3.63, 3.8) is 0 Å². The van der Waals surface area contributed by atoms with Crippen LogP contribution in [-0.2, 0) is 0 Å². The minimum absolute atomic E-state index is 0.531. The summed E-state index contributed by atoms with van der Waals surface area (Å²) in [5, 5.41) is 7.08. The van der Waals surface area contributed by atoms with E-state index in [1.165, 1.54) is 6.21 Å². The fourth-order valence-corrected chi connectivity index (χ4v) is 0.957. The summed E-state index contributed by atoms with van der Waals surface area (Å²) >= 11 is 0. The summed E-state index contributed by atoms with van der Waals surface area (Å²) in [6.45, 7) is 4.95. The molecule has 1 aromatic carbocycles. The van der Waals surface area contributed by atoms with Gasteiger partial charge in [-0.3, -0.25) is 0 Å². The van der Waals surface area contributed by atoms with Gasteiger partial charge in [-0.2, -0.15) is 0 Å². The van der Waals surface area contributed by atoms with Crippen molar-refractivity contribution < 1.29 is 4.74 Å². The van der Waals surface area contributed by atoms with Crippen molar-refractivity contribution in [2.45, 2.75) is 13.8 Å². The van der Waals surface area contributed by atoms with Crippen molar-refractivity contribution in [1.82, 2.24) is 0 Å². The van der Waals surface area contributed by atoms with Gasteiger partial charge < -0.3 is 10.1 Å². The average molecular weight is 177 g/mol. The lowest BCUT2D eigenvalue weighted by Gasteiger charge is -2.08. The lowest BCUT2D eigenvalue weighted by atomic mass is 10.2. The lowest BCUT2D eigenvalue weighted by molar-refractivity contribution is 0.271. The van der Waals surface area contributed by atoms with Crippen molar-refractivity contribution in [3.05, 3.63) is 29.8 Å². The third kappa shape index (κ3) is 3.28. The van der Waals surface area contributed by atoms with Crippen molar-refractivity contribution in [2.24, 2.45) is 5.92 Å². The predicted molar refractivity (Wildman–Crippen MR) is 54.7 cm³/mol. The van der Waals surface area contributed by atoms with E-state index >= 15 is 0 Å². The number of ether oxygens (including phenoxy) is 1. The lowest BCUT2D eigenvalue weighted by Crippen LogP contribution is -2.04. The van der Waals surface area contributed by atoms with Gasteiger partial charge in [0.2, 0.25) is 0 Å². The molecule has 0 radical (unpaired) electrons. The van der Waals surface area contributed by atoms with E-state index < -0.39 is 0 Å². The Kier molecular flexibility index (Phi) is 3.50. The zero-order chi connectivity index (χ0) is 9.68. The molecule has 0 bridgehead atoms. The first-order valence-corrected chi connectivity index (χ1v) is 4.45. The highest BCUT2D eigenvalue weighted by atomic mass is 16.5. The van der Waals surface area contributed by atoms with Gasteiger partial charge in [0.15, 0.2) is 0 Å². The molecular weight excluding hydrogens is 162 g/mol. The molecule has 0 saturated carbocycles. The van der Waals surface area contributed by atoms with E-state index in [0.717, 1.165) is 17.9 Å². The van der Waals surface area contributed by atoms with Crippen LogP contribution in [0.3, 0.4) is 0 Å². The first kappa shape index (κ1) is 9.78. The van der Waals surface area contributed by atoms with Crippen molar-refractivity contribution in [3.8, 4) is 5.75 Å². The molecular formula is C11H15NO. The van der Waals surface area contributed by atoms with Crippen LogP contribution in [0.15, 0.2) is 24.3 Å². The van der Waals surface area contributed by atoms with Gasteiger partial charge in [0.05, 0.1) is 6.61 Å². The number of nitrogens with one attached hydrogen (secondary N) is 1. The molecule has 70 valence electrons. The summed E-state index contributed by atoms with van der Waals surface area (Å²) in [5.41, 5.74) is 0.876. The van der Waals surface area contributed by atoms with E-state index in [2.05, 4.69) is 13.8 Å². The third-order valence-corrected chi connectivity index (χ3v) is 1.61. The third-order valence-electron chi connectivity index (χ3n) is 1.61. The van der Waals surface area contributed by atoms with Gasteiger partial charge in [-0.1, -0.05) is 26.0 Å². The van der Waals surface area contributed by atoms with Gasteiger partial charge in [0.1, 0.15) is 5.75 Å². The Balaban J connectivity index is 2.61. The molecule has 2 heteroatoms. The monoisotopic (exact) mass is 177 g/mol. The molecule has 1 aromatic rings. The first-order valence-electron chi connectivity index (χ1n) is 4.45. The van der Waals surface area contributed by atoms with Crippen LogP contribution in [0, 0.1) is 11.3 Å². The van der Waals surface area contributed by atoms with Crippen LogP contribution in [0.1, 0.15) is 19.4 Å². The molecule has 0 heterocycles. The van der Waals surface area contributed by atoms with Gasteiger partial charge in [-0.05, 0) is 23.6 Å². The van der Waals surface area contributed by atoms with E-state index in [9.17, 15) is 0 Å². The number of rotatable bonds is 4. The molecule has 1 N–H and O–H groups in total. The second-order valence-corrected chi connectivity index (χ2v) is 3.42. The summed E-state index contributed by atoms with van der Waals surface area (Å²) in [4.78, 5) is 0. The molecule has 0 saturated heterocycles. The topological polar surface area (TPSA) is 33.1 Å². The van der Waals surface area contributed by atoms with E-state index in [1.807, 2.05) is 24.3 Å². The molecule has 0 aliphatic heterocycles. The molecule has 0 aromatic heterocycles. The maximum absolute atomic E-state index is 7.08. The molecule has 13 heavy (non-hydrogen) atoms. The van der Waals surface area contributed by atoms with Crippen LogP contribution in [0.5, 0.6) is 5.75 Å². The summed E-state index contributed by atoms with van der Waals surface area (Å²) in [5.74, 6) is 1.37. The van der Waals surface area contributed by atoms with E-state index in [4.69, 9.17) is 10.1 Å². The second kappa shape index (κ2) is 4.65. The SMILES string of the molecule is CC(C)COc1cccc(C=N)c1. The van der Waals surface area contributed by atoms with Gasteiger partial charge in [-0.25, -0.2) is 0 Å². The maximum Gasteiger partial charge on any atom is 0.119 e. The Morgan fingerprint density at radius 1 is 1.46 bits per heavy atom. The van der Waals surface area contributed by atoms with Gasteiger partial charge >= 0.3 is 0 Å². The van der Waals surface area contributed by atoms with Gasteiger partial charge in [0, 0.05) is 6.21 Å². The molecule has 1 rings (SSSR count). The number of hydrogen-bond acceptors (Lipinski definition) is 2. The maximum atomic E-state index is 7.08. The fourth-order valence-electron chi connectivity index (χ4n) is 0.957. The van der Waals surface area contributed by atoms with E-state index in [1.54, 1.807) is 0 Å². The van der Waals surface area contributed by atoms with Gasteiger partial charge in [0.25, 0.3) is 0 Å². The Bertz CT molecular complexity index is 281. The smallest absolute Gasteiger partial charge is 0.119 e. The molecule has 2 nitrogen and oxygen atoms in total. The summed E-state index contributed by atoms with van der Waals surface area (Å²) in [6.07, 6.45) is 1.32. The van der Waals surface area contributed by atoms with Crippen molar-refractivity contribution in [2.75, 3.05) is 6.61 Å². The molecule has 0 aliphatic carbocycles. The Morgan fingerprint density at radius 3 is 2.85 bits per heavy atom. The molecule has 0 aliphatic rings. The van der Waals surface area contributed by atoms with Crippen LogP contribution in [0.25, 0.3) is 0 Å². The van der Waals surface area contributed by atoms with Gasteiger partial charge in [-0.15, -0.1) is 0 Å². The summed E-state index contributed by atoms with van der Waals surface area (Å²) < 4.78 is 5.51. The fraction of sp³-hybridized carbons (Fsp3) is 0.364. The van der Waals surface area contributed by atoms with Crippen LogP contribution in [-0.4, -0.2) is 12.8 Å². The molecule has 0 amide bonds. The predicted octanol–water partition coefficient (Wildman–Crippen LogP) is 2.72. The van der Waals surface area contributed by atoms with E-state index in [-0.39, 0.29) is 0 Å². The normalized spacial score (nSPS) is 10.1. The van der Waals surface area contributed by atoms with Crippen LogP contribution >= 0.6 is 0 Å². The van der Waals surface area contributed by atoms with Crippen LogP contribution in [0.2, 0.25) is 0 Å². The Labute approximate surface area is 79.1 Å². The standard InChI is InChI=1S/C11H15NO/c1-9(2)8-13-11-5-3-4-10(6-11)7-12/h3-7,9,12H,8H2,1-2H3. The molecule has 0 unspecified atom stereocenters. The second-order valence-electron chi connectivity index (χ2n) is 3.42. The van der Waals surface area contributed by atoms with Crippen LogP contribution < -0.4 is 4.74 Å². The highest BCUT2D eigenvalue weighted by Crippen LogP contribution is 2.12. The quantitative estimate of drug-likeness (QED) is 0.705. The summed E-state index contributed by atoms with van der Waals surface area (Å²) in [7, 11) is 0. The zero-order valence-electron chi connectivity index (χ0n) is 8.08. The zero-order valence-corrected chi connectivity index (χ0v) is 8.08. The summed E-state index contributed by atoms with van der Waals surface area (Å²) in [6, 6.07) is 7.57. The van der Waals surface area contributed by atoms with Crippen LogP contribution in [0.4, 0.5) is 0 Å². The first-order chi connectivity index (χ1) is 6.22. The van der Waals surface area contributed by atoms with Crippen molar-refractivity contribution in [1.29, 1.82) is 5.41 Å². The highest BCUT2D eigenvalue weighted by molar-refractivity contribution is 5.77. The molecule has 0 spiro atoms. The number of benzene rings is 1. The Morgan fingerprint density at radius 2 is 2.23 bits per heavy atom. The minimum atomic E-state index is 0.531. The average Bonchev–Trinajstić information content (AvgIpc) is 2.15. The van der Waals surface area contributed by atoms with Crippen molar-refractivity contribution >= 4 is 6.21 Å². The number of hydrogen-bond donors (Lipinski definition) is 1. The largest absolute Gasteiger partial charge is 0.493 e.